The summed E-state index contributed by atoms with van der Waals surface area (Å²) in [5.74, 6) is -0.0549. The molecule has 2 aliphatic rings. The molecule has 0 unspecified atom stereocenters. The van der Waals surface area contributed by atoms with E-state index in [9.17, 15) is 19.5 Å². The lowest BCUT2D eigenvalue weighted by Crippen LogP contribution is -2.28. The van der Waals surface area contributed by atoms with Crippen LogP contribution in [0.25, 0.3) is 11.0 Å². The highest BCUT2D eigenvalue weighted by Gasteiger charge is 2.32. The van der Waals surface area contributed by atoms with Crippen LogP contribution in [0.15, 0.2) is 47.5 Å². The summed E-state index contributed by atoms with van der Waals surface area (Å²) in [6.07, 6.45) is 2.37. The molecule has 12 heteroatoms. The number of methoxy groups -OCH3 is 1. The molecule has 2 aromatic heterocycles. The molecule has 0 spiro atoms. The van der Waals surface area contributed by atoms with E-state index in [-0.39, 0.29) is 18.4 Å². The summed E-state index contributed by atoms with van der Waals surface area (Å²) in [7, 11) is 1.56. The van der Waals surface area contributed by atoms with Crippen molar-refractivity contribution in [1.29, 1.82) is 0 Å². The molecule has 2 aliphatic heterocycles. The van der Waals surface area contributed by atoms with E-state index < -0.39 is 12.1 Å². The van der Waals surface area contributed by atoms with Gasteiger partial charge in [-0.3, -0.25) is 24.4 Å². The van der Waals surface area contributed by atoms with E-state index in [4.69, 9.17) is 9.47 Å². The van der Waals surface area contributed by atoms with Crippen LogP contribution in [0.5, 0.6) is 5.88 Å². The van der Waals surface area contributed by atoms with Gasteiger partial charge in [-0.25, -0.2) is 9.78 Å². The largest absolute Gasteiger partial charge is 0.481 e. The SMILES string of the molecule is COc1ccc2nccc(CN(CCC[C@@H]3CN(c4ccc5c(c4)NC(=O)CS5)C(=O)O3)CCC(=O)O)c2n1. The van der Waals surface area contributed by atoms with Gasteiger partial charge >= 0.3 is 12.1 Å². The standard InChI is InChI=1S/C27H29N5O6S/c1-37-24-7-5-20-26(30-24)17(8-10-28-20)14-31(12-9-25(34)35)11-2-3-19-15-32(27(36)38-19)18-4-6-22-21(13-18)29-23(33)16-39-22/h4-8,10,13,19H,2-3,9,11-12,14-16H2,1H3,(H,29,33)(H,34,35)/t19-/m1/s1. The molecule has 39 heavy (non-hydrogen) atoms. The normalized spacial score (nSPS) is 16.8. The minimum absolute atomic E-state index is 0.0130. The van der Waals surface area contributed by atoms with Gasteiger partial charge in [-0.2, -0.15) is 0 Å². The average molecular weight is 552 g/mol. The fourth-order valence-electron chi connectivity index (χ4n) is 4.73. The highest BCUT2D eigenvalue weighted by molar-refractivity contribution is 8.00. The number of amides is 2. The molecule has 0 saturated carbocycles. The minimum Gasteiger partial charge on any atom is -0.481 e. The highest BCUT2D eigenvalue weighted by Crippen LogP contribution is 2.35. The first-order chi connectivity index (χ1) is 18.9. The van der Waals surface area contributed by atoms with Gasteiger partial charge in [0.15, 0.2) is 0 Å². The second-order valence-corrected chi connectivity index (χ2v) is 10.4. The van der Waals surface area contributed by atoms with Gasteiger partial charge < -0.3 is 19.9 Å². The van der Waals surface area contributed by atoms with E-state index in [1.165, 1.54) is 11.8 Å². The van der Waals surface area contributed by atoms with Crippen molar-refractivity contribution >= 4 is 52.1 Å². The van der Waals surface area contributed by atoms with Crippen LogP contribution in [0.4, 0.5) is 16.2 Å². The Bertz CT molecular complexity index is 1400. The summed E-state index contributed by atoms with van der Waals surface area (Å²) in [4.78, 5) is 49.2. The number of benzene rings is 1. The minimum atomic E-state index is -0.862. The number of nitrogens with zero attached hydrogens (tertiary/aromatic N) is 4. The molecule has 2 amide bonds. The Labute approximate surface area is 229 Å². The average Bonchev–Trinajstić information content (AvgIpc) is 3.31. The second kappa shape index (κ2) is 11.9. The summed E-state index contributed by atoms with van der Waals surface area (Å²) >= 11 is 1.47. The predicted molar refractivity (Wildman–Crippen MR) is 146 cm³/mol. The number of carbonyl (C=O) groups excluding carboxylic acids is 2. The number of aromatic nitrogens is 2. The molecule has 204 valence electrons. The zero-order valence-corrected chi connectivity index (χ0v) is 22.3. The number of carboxylic acid groups (broad SMARTS) is 1. The van der Waals surface area contributed by atoms with E-state index in [0.29, 0.717) is 62.0 Å². The molecule has 2 N–H and O–H groups in total. The van der Waals surface area contributed by atoms with Gasteiger partial charge in [0.1, 0.15) is 6.10 Å². The first-order valence-corrected chi connectivity index (χ1v) is 13.7. The number of aliphatic carboxylic acids is 1. The van der Waals surface area contributed by atoms with Crippen LogP contribution in [0.2, 0.25) is 0 Å². The molecule has 4 heterocycles. The van der Waals surface area contributed by atoms with Gasteiger partial charge in [0.2, 0.25) is 11.8 Å². The summed E-state index contributed by atoms with van der Waals surface area (Å²) in [5.41, 5.74) is 3.77. The van der Waals surface area contributed by atoms with Crippen LogP contribution in [-0.2, 0) is 20.9 Å². The van der Waals surface area contributed by atoms with E-state index in [0.717, 1.165) is 21.5 Å². The molecule has 1 aromatic carbocycles. The maximum Gasteiger partial charge on any atom is 0.414 e. The molecule has 3 aromatic rings. The Kier molecular flexibility index (Phi) is 8.13. The molecular formula is C27H29N5O6S. The third-order valence-electron chi connectivity index (χ3n) is 6.67. The topological polar surface area (TPSA) is 134 Å². The van der Waals surface area contributed by atoms with Gasteiger partial charge in [-0.15, -0.1) is 11.8 Å². The number of rotatable bonds is 11. The number of carbonyl (C=O) groups is 3. The van der Waals surface area contributed by atoms with Crippen molar-refractivity contribution in [2.24, 2.45) is 0 Å². The monoisotopic (exact) mass is 551 g/mol. The Balaban J connectivity index is 1.21. The number of fused-ring (bicyclic) bond motifs is 2. The number of pyridine rings is 2. The van der Waals surface area contributed by atoms with Crippen molar-refractivity contribution in [2.45, 2.75) is 36.8 Å². The summed E-state index contributed by atoms with van der Waals surface area (Å²) in [5, 5.41) is 12.1. The van der Waals surface area contributed by atoms with E-state index in [2.05, 4.69) is 20.2 Å². The third kappa shape index (κ3) is 6.40. The van der Waals surface area contributed by atoms with Crippen molar-refractivity contribution in [3.8, 4) is 5.88 Å². The second-order valence-electron chi connectivity index (χ2n) is 9.39. The Morgan fingerprint density at radius 1 is 1.26 bits per heavy atom. The first-order valence-electron chi connectivity index (χ1n) is 12.7. The Hall–Kier alpha value is -3.90. The van der Waals surface area contributed by atoms with Crippen LogP contribution >= 0.6 is 11.8 Å². The third-order valence-corrected chi connectivity index (χ3v) is 7.74. The van der Waals surface area contributed by atoms with Gasteiger partial charge in [-0.1, -0.05) is 0 Å². The fourth-order valence-corrected chi connectivity index (χ4v) is 5.52. The molecule has 1 fully saturated rings. The molecule has 1 atom stereocenters. The van der Waals surface area contributed by atoms with Crippen LogP contribution in [0.3, 0.4) is 0 Å². The van der Waals surface area contributed by atoms with Crippen molar-refractivity contribution in [1.82, 2.24) is 14.9 Å². The zero-order chi connectivity index (χ0) is 27.4. The van der Waals surface area contributed by atoms with Gasteiger partial charge in [0.25, 0.3) is 0 Å². The molecule has 5 rings (SSSR count). The van der Waals surface area contributed by atoms with Crippen molar-refractivity contribution in [2.75, 3.05) is 42.7 Å². The highest BCUT2D eigenvalue weighted by atomic mass is 32.2. The summed E-state index contributed by atoms with van der Waals surface area (Å²) < 4.78 is 10.9. The Morgan fingerprint density at radius 2 is 2.13 bits per heavy atom. The van der Waals surface area contributed by atoms with Gasteiger partial charge in [-0.05, 0) is 55.3 Å². The lowest BCUT2D eigenvalue weighted by molar-refractivity contribution is -0.137. The molecule has 0 aliphatic carbocycles. The van der Waals surface area contributed by atoms with E-state index >= 15 is 0 Å². The number of nitrogens with one attached hydrogen (secondary N) is 1. The lowest BCUT2D eigenvalue weighted by atomic mass is 10.1. The number of anilines is 2. The summed E-state index contributed by atoms with van der Waals surface area (Å²) in [6, 6.07) is 11.1. The molecule has 1 saturated heterocycles. The van der Waals surface area contributed by atoms with E-state index in [1.54, 1.807) is 30.3 Å². The quantitative estimate of drug-likeness (QED) is 0.363. The van der Waals surface area contributed by atoms with E-state index in [1.807, 2.05) is 24.3 Å². The van der Waals surface area contributed by atoms with Crippen LogP contribution in [0, 0.1) is 0 Å². The van der Waals surface area contributed by atoms with Gasteiger partial charge in [0, 0.05) is 35.9 Å². The van der Waals surface area contributed by atoms with Crippen LogP contribution in [0.1, 0.15) is 24.8 Å². The first kappa shape index (κ1) is 26.7. The zero-order valence-electron chi connectivity index (χ0n) is 21.5. The van der Waals surface area contributed by atoms with Gasteiger partial charge in [0.05, 0.1) is 42.5 Å². The fraction of sp³-hybridized carbons (Fsp3) is 0.370. The molecular weight excluding hydrogens is 522 g/mol. The van der Waals surface area contributed by atoms with Crippen molar-refractivity contribution < 1.29 is 29.0 Å². The smallest absolute Gasteiger partial charge is 0.414 e. The number of carboxylic acids is 1. The maximum atomic E-state index is 12.6. The number of hydrogen-bond acceptors (Lipinski definition) is 9. The number of ether oxygens (including phenoxy) is 2. The lowest BCUT2D eigenvalue weighted by Gasteiger charge is -2.23. The maximum absolute atomic E-state index is 12.6. The number of cyclic esters (lactones) is 1. The number of thioether (sulfide) groups is 1. The van der Waals surface area contributed by atoms with Crippen LogP contribution < -0.4 is 15.0 Å². The van der Waals surface area contributed by atoms with Crippen molar-refractivity contribution in [3.63, 3.8) is 0 Å². The van der Waals surface area contributed by atoms with Crippen molar-refractivity contribution in [3.05, 3.63) is 48.2 Å². The number of hydrogen-bond donors (Lipinski definition) is 2. The molecule has 0 bridgehead atoms. The predicted octanol–water partition coefficient (Wildman–Crippen LogP) is 3.76. The molecule has 0 radical (unpaired) electrons. The Morgan fingerprint density at radius 3 is 2.95 bits per heavy atom. The summed E-state index contributed by atoms with van der Waals surface area (Å²) in [6.45, 7) is 1.91. The molecule has 11 nitrogen and oxygen atoms in total. The van der Waals surface area contributed by atoms with Crippen LogP contribution in [-0.4, -0.2) is 76.5 Å².